The first-order valence-electron chi connectivity index (χ1n) is 9.27. The summed E-state index contributed by atoms with van der Waals surface area (Å²) in [6, 6.07) is 12.3. The Bertz CT molecular complexity index is 1000. The second-order valence-electron chi connectivity index (χ2n) is 6.85. The number of hydrogen-bond donors (Lipinski definition) is 1. The topological polar surface area (TPSA) is 24.9 Å². The van der Waals surface area contributed by atoms with Crippen LogP contribution in [0.2, 0.25) is 5.02 Å². The van der Waals surface area contributed by atoms with E-state index in [-0.39, 0.29) is 18.1 Å². The molecule has 0 radical (unpaired) electrons. The minimum Gasteiger partial charge on any atom is -0.385 e. The number of anilines is 1. The van der Waals surface area contributed by atoms with Crippen molar-refractivity contribution in [1.82, 2.24) is 4.98 Å². The Morgan fingerprint density at radius 3 is 2.10 bits per heavy atom. The van der Waals surface area contributed by atoms with Gasteiger partial charge in [0.1, 0.15) is 0 Å². The van der Waals surface area contributed by atoms with Gasteiger partial charge < -0.3 is 5.32 Å². The minimum absolute atomic E-state index is 0.0192. The number of hydrogen-bond acceptors (Lipinski definition) is 2. The van der Waals surface area contributed by atoms with Gasteiger partial charge in [-0.1, -0.05) is 17.7 Å². The number of nitrogens with one attached hydrogen (secondary N) is 1. The van der Waals surface area contributed by atoms with Crippen LogP contribution in [0, 0.1) is 0 Å². The molecule has 0 aliphatic carbocycles. The summed E-state index contributed by atoms with van der Waals surface area (Å²) in [7, 11) is 0. The molecule has 31 heavy (non-hydrogen) atoms. The maximum Gasteiger partial charge on any atom is 0.416 e. The third kappa shape index (κ3) is 6.13. The summed E-state index contributed by atoms with van der Waals surface area (Å²) < 4.78 is 77.8. The zero-order valence-electron chi connectivity index (χ0n) is 16.0. The summed E-state index contributed by atoms with van der Waals surface area (Å²) >= 11 is 6.22. The van der Waals surface area contributed by atoms with Gasteiger partial charge in [0, 0.05) is 24.0 Å². The number of pyridine rings is 1. The number of halogens is 7. The van der Waals surface area contributed by atoms with Gasteiger partial charge in [-0.2, -0.15) is 26.3 Å². The summed E-state index contributed by atoms with van der Waals surface area (Å²) in [4.78, 5) is 4.25. The average Bonchev–Trinajstić information content (AvgIpc) is 2.71. The molecule has 2 aromatic carbocycles. The van der Waals surface area contributed by atoms with Crippen molar-refractivity contribution in [2.75, 3.05) is 11.9 Å². The van der Waals surface area contributed by atoms with E-state index in [0.717, 1.165) is 12.1 Å². The molecule has 2 nitrogen and oxygen atoms in total. The van der Waals surface area contributed by atoms with Crippen molar-refractivity contribution < 1.29 is 26.3 Å². The van der Waals surface area contributed by atoms with E-state index in [1.807, 2.05) is 6.07 Å². The highest BCUT2D eigenvalue weighted by atomic mass is 35.5. The lowest BCUT2D eigenvalue weighted by Crippen LogP contribution is -2.12. The number of aromatic nitrogens is 1. The zero-order valence-corrected chi connectivity index (χ0v) is 16.7. The molecule has 3 aromatic rings. The van der Waals surface area contributed by atoms with Crippen molar-refractivity contribution in [3.8, 4) is 11.3 Å². The van der Waals surface area contributed by atoms with Gasteiger partial charge in [-0.3, -0.25) is 4.98 Å². The first-order valence-corrected chi connectivity index (χ1v) is 9.65. The molecule has 0 saturated carbocycles. The van der Waals surface area contributed by atoms with Gasteiger partial charge >= 0.3 is 12.4 Å². The standard InChI is InChI=1S/C22H17ClF6N2/c23-19-7-6-17(13-18(19)20-5-1-2-8-31-20)30-9-3-4-14-10-15(21(24,25)26)12-16(11-14)22(27,28)29/h1-2,5-8,10-13,30H,3-4,9H2. The fraction of sp³-hybridized carbons (Fsp3) is 0.227. The lowest BCUT2D eigenvalue weighted by Gasteiger charge is -2.14. The SMILES string of the molecule is FC(F)(F)c1cc(CCCNc2ccc(Cl)c(-c3ccccn3)c2)cc(C(F)(F)F)c1. The Morgan fingerprint density at radius 2 is 1.52 bits per heavy atom. The van der Waals surface area contributed by atoms with Crippen molar-refractivity contribution >= 4 is 17.3 Å². The molecule has 1 aromatic heterocycles. The number of rotatable bonds is 6. The molecule has 0 unspecified atom stereocenters. The van der Waals surface area contributed by atoms with E-state index >= 15 is 0 Å². The van der Waals surface area contributed by atoms with Crippen molar-refractivity contribution in [2.24, 2.45) is 0 Å². The van der Waals surface area contributed by atoms with Gasteiger partial charge in [-0.25, -0.2) is 0 Å². The molecule has 0 atom stereocenters. The van der Waals surface area contributed by atoms with Crippen LogP contribution in [-0.2, 0) is 18.8 Å². The predicted octanol–water partition coefficient (Wildman–Crippen LogP) is 7.48. The Kier molecular flexibility index (Phi) is 6.79. The Balaban J connectivity index is 1.67. The lowest BCUT2D eigenvalue weighted by atomic mass is 10.0. The van der Waals surface area contributed by atoms with E-state index in [1.165, 1.54) is 0 Å². The van der Waals surface area contributed by atoms with Crippen molar-refractivity contribution in [2.45, 2.75) is 25.2 Å². The molecule has 0 amide bonds. The van der Waals surface area contributed by atoms with Crippen LogP contribution < -0.4 is 5.32 Å². The Labute approximate surface area is 179 Å². The normalized spacial score (nSPS) is 12.1. The van der Waals surface area contributed by atoms with E-state index in [9.17, 15) is 26.3 Å². The van der Waals surface area contributed by atoms with Gasteiger partial charge in [0.05, 0.1) is 21.8 Å². The van der Waals surface area contributed by atoms with E-state index in [4.69, 9.17) is 11.6 Å². The summed E-state index contributed by atoms with van der Waals surface area (Å²) in [6.07, 6.45) is -7.67. The second kappa shape index (κ2) is 9.18. The average molecular weight is 459 g/mol. The van der Waals surface area contributed by atoms with Gasteiger partial charge in [0.25, 0.3) is 0 Å². The molecular formula is C22H17ClF6N2. The van der Waals surface area contributed by atoms with Gasteiger partial charge in [-0.15, -0.1) is 0 Å². The van der Waals surface area contributed by atoms with Crippen LogP contribution in [0.15, 0.2) is 60.8 Å². The number of benzene rings is 2. The number of nitrogens with zero attached hydrogens (tertiary/aromatic N) is 1. The Morgan fingerprint density at radius 1 is 0.839 bits per heavy atom. The molecule has 0 saturated heterocycles. The van der Waals surface area contributed by atoms with Gasteiger partial charge in [0.15, 0.2) is 0 Å². The monoisotopic (exact) mass is 458 g/mol. The largest absolute Gasteiger partial charge is 0.416 e. The highest BCUT2D eigenvalue weighted by Gasteiger charge is 2.36. The smallest absolute Gasteiger partial charge is 0.385 e. The minimum atomic E-state index is -4.85. The molecule has 3 rings (SSSR count). The summed E-state index contributed by atoms with van der Waals surface area (Å²) in [5.41, 5.74) is -0.523. The summed E-state index contributed by atoms with van der Waals surface area (Å²) in [5, 5.41) is 3.62. The maximum atomic E-state index is 13.0. The van der Waals surface area contributed by atoms with Crippen LogP contribution in [0.4, 0.5) is 32.0 Å². The third-order valence-electron chi connectivity index (χ3n) is 4.53. The summed E-state index contributed by atoms with van der Waals surface area (Å²) in [6.45, 7) is 0.348. The molecular weight excluding hydrogens is 442 g/mol. The molecule has 0 aliphatic rings. The molecule has 0 aliphatic heterocycles. The molecule has 1 N–H and O–H groups in total. The highest BCUT2D eigenvalue weighted by Crippen LogP contribution is 2.36. The highest BCUT2D eigenvalue weighted by molar-refractivity contribution is 6.33. The van der Waals surface area contributed by atoms with Crippen LogP contribution in [0.25, 0.3) is 11.3 Å². The van der Waals surface area contributed by atoms with Crippen molar-refractivity contribution in [3.63, 3.8) is 0 Å². The van der Waals surface area contributed by atoms with Gasteiger partial charge in [0.2, 0.25) is 0 Å². The quantitative estimate of drug-likeness (QED) is 0.306. The third-order valence-corrected chi connectivity index (χ3v) is 4.86. The van der Waals surface area contributed by atoms with Crippen LogP contribution in [-0.4, -0.2) is 11.5 Å². The molecule has 164 valence electrons. The van der Waals surface area contributed by atoms with Gasteiger partial charge in [-0.05, 0) is 66.9 Å². The molecule has 1 heterocycles. The van der Waals surface area contributed by atoms with Crippen LogP contribution in [0.3, 0.4) is 0 Å². The Hall–Kier alpha value is -2.74. The van der Waals surface area contributed by atoms with E-state index in [0.29, 0.717) is 34.9 Å². The van der Waals surface area contributed by atoms with Crippen molar-refractivity contribution in [1.29, 1.82) is 0 Å². The molecule has 0 spiro atoms. The molecule has 9 heteroatoms. The first-order chi connectivity index (χ1) is 14.5. The second-order valence-corrected chi connectivity index (χ2v) is 7.26. The van der Waals surface area contributed by atoms with E-state index < -0.39 is 23.5 Å². The maximum absolute atomic E-state index is 13.0. The van der Waals surface area contributed by atoms with Crippen LogP contribution in [0.1, 0.15) is 23.1 Å². The summed E-state index contributed by atoms with van der Waals surface area (Å²) in [5.74, 6) is 0. The molecule has 0 fully saturated rings. The lowest BCUT2D eigenvalue weighted by molar-refractivity contribution is -0.143. The first kappa shape index (κ1) is 22.9. The van der Waals surface area contributed by atoms with E-state index in [2.05, 4.69) is 10.3 Å². The number of aryl methyl sites for hydroxylation is 1. The zero-order chi connectivity index (χ0) is 22.6. The van der Waals surface area contributed by atoms with Crippen molar-refractivity contribution in [3.05, 3.63) is 82.5 Å². The fourth-order valence-electron chi connectivity index (χ4n) is 3.04. The van der Waals surface area contributed by atoms with Crippen LogP contribution in [0.5, 0.6) is 0 Å². The van der Waals surface area contributed by atoms with Crippen LogP contribution >= 0.6 is 11.6 Å². The predicted molar refractivity (Wildman–Crippen MR) is 108 cm³/mol. The van der Waals surface area contributed by atoms with E-state index in [1.54, 1.807) is 36.5 Å². The number of alkyl halides is 6. The molecule has 0 bridgehead atoms. The fourth-order valence-corrected chi connectivity index (χ4v) is 3.26.